The van der Waals surface area contributed by atoms with E-state index in [1.807, 2.05) is 53.6 Å². The summed E-state index contributed by atoms with van der Waals surface area (Å²) in [5, 5.41) is 0.957. The van der Waals surface area contributed by atoms with Gasteiger partial charge in [0, 0.05) is 30.2 Å². The van der Waals surface area contributed by atoms with Crippen LogP contribution >= 0.6 is 0 Å². The molecule has 8 nitrogen and oxygen atoms in total. The number of ether oxygens (including phenoxy) is 5. The molecule has 1 aliphatic heterocycles. The van der Waals surface area contributed by atoms with Crippen molar-refractivity contribution < 1.29 is 28.5 Å². The topological polar surface area (TPSA) is 71.4 Å². The minimum Gasteiger partial charge on any atom is -0.493 e. The number of fused-ring (bicyclic) bond motifs is 2. The van der Waals surface area contributed by atoms with Crippen molar-refractivity contribution in [3.05, 3.63) is 77.0 Å². The predicted molar refractivity (Wildman–Crippen MR) is 154 cm³/mol. The fourth-order valence-electron chi connectivity index (χ4n) is 5.80. The quantitative estimate of drug-likeness (QED) is 0.270. The van der Waals surface area contributed by atoms with Crippen LogP contribution < -0.4 is 23.7 Å². The molecule has 1 unspecified atom stereocenters. The van der Waals surface area contributed by atoms with Crippen molar-refractivity contribution in [1.82, 2.24) is 9.47 Å². The molecule has 210 valence electrons. The Kier molecular flexibility index (Phi) is 7.78. The Morgan fingerprint density at radius 1 is 0.850 bits per heavy atom. The fraction of sp³-hybridized carbons (Fsp3) is 0.344. The van der Waals surface area contributed by atoms with Gasteiger partial charge in [-0.25, -0.2) is 0 Å². The van der Waals surface area contributed by atoms with E-state index in [9.17, 15) is 4.79 Å². The fourth-order valence-corrected chi connectivity index (χ4v) is 5.80. The summed E-state index contributed by atoms with van der Waals surface area (Å²) < 4.78 is 30.2. The van der Waals surface area contributed by atoms with Crippen molar-refractivity contribution in [3.63, 3.8) is 0 Å². The normalized spacial score (nSPS) is 14.6. The number of aromatic nitrogens is 1. The SMILES string of the molecule is CCn1cc(C(=O)N2CCc3cc(OC)c(OC)cc3C2Cc2cc(OC)c(OC)c(OC)c2)c2ccccc21. The van der Waals surface area contributed by atoms with E-state index >= 15 is 0 Å². The van der Waals surface area contributed by atoms with E-state index in [0.717, 1.165) is 34.1 Å². The zero-order valence-electron chi connectivity index (χ0n) is 23.9. The summed E-state index contributed by atoms with van der Waals surface area (Å²) in [6, 6.07) is 15.7. The van der Waals surface area contributed by atoms with Gasteiger partial charge in [0.05, 0.1) is 47.2 Å². The molecular formula is C32H36N2O6. The zero-order valence-corrected chi connectivity index (χ0v) is 23.9. The van der Waals surface area contributed by atoms with Crippen LogP contribution in [0.2, 0.25) is 0 Å². The monoisotopic (exact) mass is 544 g/mol. The summed E-state index contributed by atoms with van der Waals surface area (Å²) in [6.45, 7) is 3.44. The Hall–Kier alpha value is -4.33. The van der Waals surface area contributed by atoms with Gasteiger partial charge in [0.1, 0.15) is 0 Å². The van der Waals surface area contributed by atoms with Crippen molar-refractivity contribution in [3.8, 4) is 28.7 Å². The van der Waals surface area contributed by atoms with E-state index in [4.69, 9.17) is 23.7 Å². The highest BCUT2D eigenvalue weighted by Crippen LogP contribution is 2.43. The second-order valence-corrected chi connectivity index (χ2v) is 9.75. The molecular weight excluding hydrogens is 508 g/mol. The highest BCUT2D eigenvalue weighted by molar-refractivity contribution is 6.07. The smallest absolute Gasteiger partial charge is 0.256 e. The first-order valence-electron chi connectivity index (χ1n) is 13.4. The molecule has 0 saturated heterocycles. The van der Waals surface area contributed by atoms with Crippen LogP contribution in [0, 0.1) is 0 Å². The number of amides is 1. The van der Waals surface area contributed by atoms with Crippen LogP contribution in [0.1, 0.15) is 40.0 Å². The number of hydrogen-bond acceptors (Lipinski definition) is 6. The van der Waals surface area contributed by atoms with Crippen LogP contribution in [0.3, 0.4) is 0 Å². The van der Waals surface area contributed by atoms with Gasteiger partial charge >= 0.3 is 0 Å². The van der Waals surface area contributed by atoms with Crippen molar-refractivity contribution >= 4 is 16.8 Å². The summed E-state index contributed by atoms with van der Waals surface area (Å²) >= 11 is 0. The Bertz CT molecular complexity index is 1520. The third-order valence-electron chi connectivity index (χ3n) is 7.78. The lowest BCUT2D eigenvalue weighted by molar-refractivity contribution is 0.0661. The number of hydrogen-bond donors (Lipinski definition) is 0. The maximum Gasteiger partial charge on any atom is 0.256 e. The molecule has 3 aromatic carbocycles. The molecule has 0 radical (unpaired) electrons. The number of carbonyl (C=O) groups excluding carboxylic acids is 1. The standard InChI is InChI=1S/C32H36N2O6/c1-7-33-19-24(22-10-8-9-11-25(22)33)32(35)34-13-12-21-17-27(36-2)28(37-3)18-23(21)26(34)14-20-15-29(38-4)31(40-6)30(16-20)39-5/h8-11,15-19,26H,7,12-14H2,1-6H3. The van der Waals surface area contributed by atoms with Crippen LogP contribution in [0.15, 0.2) is 54.7 Å². The van der Waals surface area contributed by atoms with E-state index in [1.165, 1.54) is 0 Å². The molecule has 0 N–H and O–H groups in total. The summed E-state index contributed by atoms with van der Waals surface area (Å²) in [4.78, 5) is 16.4. The molecule has 5 rings (SSSR count). The van der Waals surface area contributed by atoms with E-state index in [2.05, 4.69) is 17.6 Å². The van der Waals surface area contributed by atoms with Crippen LogP contribution in [-0.4, -0.2) is 57.5 Å². The number of aryl methyl sites for hydroxylation is 1. The second kappa shape index (κ2) is 11.4. The van der Waals surface area contributed by atoms with Gasteiger partial charge in [-0.05, 0) is 66.8 Å². The lowest BCUT2D eigenvalue weighted by Crippen LogP contribution is -2.41. The molecule has 0 saturated carbocycles. The summed E-state index contributed by atoms with van der Waals surface area (Å²) in [5.74, 6) is 2.99. The molecule has 0 bridgehead atoms. The first-order chi connectivity index (χ1) is 19.5. The van der Waals surface area contributed by atoms with E-state index in [-0.39, 0.29) is 11.9 Å². The summed E-state index contributed by atoms with van der Waals surface area (Å²) in [5.41, 5.74) is 4.88. The Balaban J connectivity index is 1.64. The maximum absolute atomic E-state index is 14.4. The van der Waals surface area contributed by atoms with E-state index in [0.29, 0.717) is 53.7 Å². The predicted octanol–water partition coefficient (Wildman–Crippen LogP) is 5.69. The molecule has 1 amide bonds. The van der Waals surface area contributed by atoms with E-state index in [1.54, 1.807) is 35.5 Å². The van der Waals surface area contributed by atoms with Gasteiger partial charge < -0.3 is 33.2 Å². The van der Waals surface area contributed by atoms with E-state index < -0.39 is 0 Å². The minimum absolute atomic E-state index is 0.00118. The minimum atomic E-state index is -0.261. The summed E-state index contributed by atoms with van der Waals surface area (Å²) in [6.07, 6.45) is 3.23. The van der Waals surface area contributed by atoms with Gasteiger partial charge in [-0.2, -0.15) is 0 Å². The Morgan fingerprint density at radius 2 is 1.50 bits per heavy atom. The molecule has 2 heterocycles. The number of para-hydroxylation sites is 1. The molecule has 40 heavy (non-hydrogen) atoms. The van der Waals surface area contributed by atoms with Crippen LogP contribution in [0.25, 0.3) is 10.9 Å². The first-order valence-corrected chi connectivity index (χ1v) is 13.4. The molecule has 8 heteroatoms. The third-order valence-corrected chi connectivity index (χ3v) is 7.78. The van der Waals surface area contributed by atoms with Crippen LogP contribution in [0.4, 0.5) is 0 Å². The van der Waals surface area contributed by atoms with Crippen LogP contribution in [0.5, 0.6) is 28.7 Å². The largest absolute Gasteiger partial charge is 0.493 e. The molecule has 1 atom stereocenters. The second-order valence-electron chi connectivity index (χ2n) is 9.75. The van der Waals surface area contributed by atoms with Gasteiger partial charge in [-0.3, -0.25) is 4.79 Å². The number of methoxy groups -OCH3 is 5. The Labute approximate surface area is 235 Å². The summed E-state index contributed by atoms with van der Waals surface area (Å²) in [7, 11) is 8.06. The highest BCUT2D eigenvalue weighted by Gasteiger charge is 2.34. The van der Waals surface area contributed by atoms with Crippen LogP contribution in [-0.2, 0) is 19.4 Å². The number of carbonyl (C=O) groups is 1. The molecule has 1 aliphatic rings. The zero-order chi connectivity index (χ0) is 28.4. The molecule has 0 aliphatic carbocycles. The van der Waals surface area contributed by atoms with Crippen molar-refractivity contribution in [1.29, 1.82) is 0 Å². The van der Waals surface area contributed by atoms with Gasteiger partial charge in [0.2, 0.25) is 5.75 Å². The van der Waals surface area contributed by atoms with Gasteiger partial charge in [-0.15, -0.1) is 0 Å². The van der Waals surface area contributed by atoms with Crippen molar-refractivity contribution in [2.75, 3.05) is 42.1 Å². The molecule has 4 aromatic rings. The van der Waals surface area contributed by atoms with Crippen molar-refractivity contribution in [2.24, 2.45) is 0 Å². The maximum atomic E-state index is 14.4. The van der Waals surface area contributed by atoms with Gasteiger partial charge in [0.25, 0.3) is 5.91 Å². The number of benzene rings is 3. The third kappa shape index (κ3) is 4.68. The Morgan fingerprint density at radius 3 is 2.12 bits per heavy atom. The highest BCUT2D eigenvalue weighted by atomic mass is 16.5. The lowest BCUT2D eigenvalue weighted by Gasteiger charge is -2.38. The number of nitrogens with zero attached hydrogens (tertiary/aromatic N) is 2. The average Bonchev–Trinajstić information content (AvgIpc) is 3.38. The van der Waals surface area contributed by atoms with Gasteiger partial charge in [-0.1, -0.05) is 18.2 Å². The van der Waals surface area contributed by atoms with Gasteiger partial charge in [0.15, 0.2) is 23.0 Å². The molecule has 1 aromatic heterocycles. The van der Waals surface area contributed by atoms with Crippen molar-refractivity contribution in [2.45, 2.75) is 32.4 Å². The molecule has 0 spiro atoms. The number of rotatable bonds is 9. The first kappa shape index (κ1) is 27.2. The molecule has 0 fully saturated rings. The lowest BCUT2D eigenvalue weighted by atomic mass is 9.87. The average molecular weight is 545 g/mol.